The average Bonchev–Trinajstić information content (AvgIpc) is 1.21. The van der Waals surface area contributed by atoms with Crippen LogP contribution in [-0.2, 0) is 0 Å². The van der Waals surface area contributed by atoms with Gasteiger partial charge >= 0.3 is 6.18 Å². The molecule has 0 radical (unpaired) electrons. The maximum Gasteiger partial charge on any atom is 0.410 e. The molecule has 0 heterocycles. The van der Waals surface area contributed by atoms with Crippen molar-refractivity contribution in [3.05, 3.63) is 11.1 Å². The second-order valence-electron chi connectivity index (χ2n) is 1.27. The lowest BCUT2D eigenvalue weighted by molar-refractivity contribution is -0.0801. The molecule has 4 heteroatoms. The van der Waals surface area contributed by atoms with Gasteiger partial charge < -0.3 is 0 Å². The van der Waals surface area contributed by atoms with Crippen LogP contribution in [-0.4, -0.2) is 6.18 Å². The van der Waals surface area contributed by atoms with E-state index < -0.39 is 6.18 Å². The summed E-state index contributed by atoms with van der Waals surface area (Å²) in [5.41, 5.74) is 0. The molecule has 0 nitrogen and oxygen atoms in total. The number of hydrogen-bond acceptors (Lipinski definition) is 0. The summed E-state index contributed by atoms with van der Waals surface area (Å²) in [5, 5.41) is -0.252. The van der Waals surface area contributed by atoms with Gasteiger partial charge in [-0.05, 0) is 6.92 Å². The summed E-state index contributed by atoms with van der Waals surface area (Å²) >= 11 is 4.90. The minimum Gasteiger partial charge on any atom is -0.167 e. The van der Waals surface area contributed by atoms with E-state index in [1.54, 1.807) is 0 Å². The van der Waals surface area contributed by atoms with Crippen LogP contribution in [0.5, 0.6) is 0 Å². The van der Waals surface area contributed by atoms with E-state index in [4.69, 9.17) is 11.6 Å². The predicted molar refractivity (Wildman–Crippen MR) is 25.7 cm³/mol. The predicted octanol–water partition coefficient (Wildman–Crippen LogP) is 2.69. The molecule has 0 aromatic carbocycles. The van der Waals surface area contributed by atoms with Gasteiger partial charge in [-0.3, -0.25) is 0 Å². The van der Waals surface area contributed by atoms with Gasteiger partial charge in [0.25, 0.3) is 0 Å². The van der Waals surface area contributed by atoms with Gasteiger partial charge in [0.15, 0.2) is 0 Å². The van der Waals surface area contributed by atoms with Gasteiger partial charge in [-0.1, -0.05) is 11.6 Å². The number of halogens is 4. The Morgan fingerprint density at radius 1 is 1.50 bits per heavy atom. The van der Waals surface area contributed by atoms with Crippen LogP contribution in [0.4, 0.5) is 13.2 Å². The minimum absolute atomic E-state index is 0.0363. The Labute approximate surface area is 49.9 Å². The van der Waals surface area contributed by atoms with Crippen LogP contribution >= 0.6 is 11.6 Å². The molecule has 0 saturated heterocycles. The van der Waals surface area contributed by atoms with E-state index in [0.717, 1.165) is 0 Å². The third-order valence-corrected chi connectivity index (χ3v) is 0.472. The molecule has 0 unspecified atom stereocenters. The monoisotopic (exact) mass is 144 g/mol. The maximum atomic E-state index is 11.1. The van der Waals surface area contributed by atoms with E-state index in [-0.39, 0.29) is 11.1 Å². The number of hydrogen-bond donors (Lipinski definition) is 0. The zero-order valence-corrected chi connectivity index (χ0v) is 4.85. The number of allylic oxidation sites excluding steroid dienone is 2. The fraction of sp³-hybridized carbons (Fsp3) is 0.500. The van der Waals surface area contributed by atoms with Crippen molar-refractivity contribution in [3.63, 3.8) is 0 Å². The van der Waals surface area contributed by atoms with Gasteiger partial charge in [-0.2, -0.15) is 13.2 Å². The van der Waals surface area contributed by atoms with Gasteiger partial charge in [0.2, 0.25) is 0 Å². The maximum absolute atomic E-state index is 11.1. The van der Waals surface area contributed by atoms with Crippen molar-refractivity contribution in [1.82, 2.24) is 0 Å². The molecule has 0 atom stereocenters. The Morgan fingerprint density at radius 2 is 1.88 bits per heavy atom. The first-order valence-electron chi connectivity index (χ1n) is 1.83. The second kappa shape index (κ2) is 2.40. The Hall–Kier alpha value is -0.180. The van der Waals surface area contributed by atoms with Crippen molar-refractivity contribution < 1.29 is 13.2 Å². The highest BCUT2D eigenvalue weighted by Gasteiger charge is 2.22. The van der Waals surface area contributed by atoms with Crippen LogP contribution in [0.3, 0.4) is 0 Å². The molecule has 0 bridgehead atoms. The smallest absolute Gasteiger partial charge is 0.167 e. The van der Waals surface area contributed by atoms with E-state index in [1.807, 2.05) is 0 Å². The molecule has 0 aliphatic carbocycles. The van der Waals surface area contributed by atoms with Crippen LogP contribution in [0.1, 0.15) is 6.92 Å². The third-order valence-electron chi connectivity index (χ3n) is 0.363. The fourth-order valence-corrected chi connectivity index (χ4v) is 0.349. The van der Waals surface area contributed by atoms with E-state index in [1.165, 1.54) is 6.92 Å². The quantitative estimate of drug-likeness (QED) is 0.490. The lowest BCUT2D eigenvalue weighted by Crippen LogP contribution is -2.00. The summed E-state index contributed by atoms with van der Waals surface area (Å²) < 4.78 is 33.4. The largest absolute Gasteiger partial charge is 0.410 e. The Bertz CT molecular complexity index is 98.3. The molecule has 0 aliphatic rings. The second-order valence-corrected chi connectivity index (χ2v) is 1.87. The summed E-state index contributed by atoms with van der Waals surface area (Å²) in [5.74, 6) is 0. The average molecular weight is 145 g/mol. The summed E-state index contributed by atoms with van der Waals surface area (Å²) in [6.45, 7) is 1.18. The first-order chi connectivity index (χ1) is 3.42. The topological polar surface area (TPSA) is 0 Å². The summed E-state index contributed by atoms with van der Waals surface area (Å²) in [6.07, 6.45) is -4.24. The highest BCUT2D eigenvalue weighted by Crippen LogP contribution is 2.19. The zero-order chi connectivity index (χ0) is 6.78. The van der Waals surface area contributed by atoms with E-state index in [0.29, 0.717) is 0 Å². The SMILES string of the molecule is CC(Cl)=CC(F)(F)F. The fourth-order valence-electron chi connectivity index (χ4n) is 0.226. The third kappa shape index (κ3) is 5.82. The molecular weight excluding hydrogens is 140 g/mol. The molecular formula is C4H4ClF3. The Balaban J connectivity index is 3.89. The van der Waals surface area contributed by atoms with Crippen molar-refractivity contribution in [2.75, 3.05) is 0 Å². The van der Waals surface area contributed by atoms with Crippen LogP contribution in [0.2, 0.25) is 0 Å². The lowest BCUT2D eigenvalue weighted by Gasteiger charge is -1.95. The highest BCUT2D eigenvalue weighted by molar-refractivity contribution is 6.29. The number of alkyl halides is 3. The molecule has 0 amide bonds. The Morgan fingerprint density at radius 3 is 1.88 bits per heavy atom. The van der Waals surface area contributed by atoms with Gasteiger partial charge in [0.05, 0.1) is 0 Å². The van der Waals surface area contributed by atoms with Crippen molar-refractivity contribution >= 4 is 11.6 Å². The molecule has 0 saturated carbocycles. The van der Waals surface area contributed by atoms with Crippen molar-refractivity contribution in [1.29, 1.82) is 0 Å². The zero-order valence-electron chi connectivity index (χ0n) is 4.09. The molecule has 0 aromatic rings. The Kier molecular flexibility index (Phi) is 2.34. The van der Waals surface area contributed by atoms with Gasteiger partial charge in [0.1, 0.15) is 0 Å². The number of rotatable bonds is 0. The molecule has 0 aromatic heterocycles. The first-order valence-corrected chi connectivity index (χ1v) is 2.21. The molecule has 8 heavy (non-hydrogen) atoms. The van der Waals surface area contributed by atoms with E-state index in [9.17, 15) is 13.2 Å². The molecule has 48 valence electrons. The molecule has 0 spiro atoms. The van der Waals surface area contributed by atoms with Gasteiger partial charge in [-0.25, -0.2) is 0 Å². The summed E-state index contributed by atoms with van der Waals surface area (Å²) in [7, 11) is 0. The standard InChI is InChI=1S/C4H4ClF3/c1-3(5)2-4(6,7)8/h2H,1H3. The normalized spacial score (nSPS) is 14.4. The van der Waals surface area contributed by atoms with Gasteiger partial charge in [-0.15, -0.1) is 0 Å². The summed E-state index contributed by atoms with van der Waals surface area (Å²) in [4.78, 5) is 0. The van der Waals surface area contributed by atoms with E-state index in [2.05, 4.69) is 0 Å². The van der Waals surface area contributed by atoms with Crippen LogP contribution < -0.4 is 0 Å². The van der Waals surface area contributed by atoms with Crippen LogP contribution in [0.15, 0.2) is 11.1 Å². The van der Waals surface area contributed by atoms with Crippen molar-refractivity contribution in [2.45, 2.75) is 13.1 Å². The van der Waals surface area contributed by atoms with E-state index >= 15 is 0 Å². The van der Waals surface area contributed by atoms with Crippen molar-refractivity contribution in [3.8, 4) is 0 Å². The molecule has 0 N–H and O–H groups in total. The van der Waals surface area contributed by atoms with Crippen LogP contribution in [0, 0.1) is 0 Å². The first kappa shape index (κ1) is 7.82. The summed E-state index contributed by atoms with van der Waals surface area (Å²) in [6, 6.07) is 0. The van der Waals surface area contributed by atoms with Crippen LogP contribution in [0.25, 0.3) is 0 Å². The molecule has 0 rings (SSSR count). The highest BCUT2D eigenvalue weighted by atomic mass is 35.5. The molecule has 0 fully saturated rings. The van der Waals surface area contributed by atoms with Crippen molar-refractivity contribution in [2.24, 2.45) is 0 Å². The van der Waals surface area contributed by atoms with Gasteiger partial charge in [0, 0.05) is 11.1 Å². The minimum atomic E-state index is -4.27. The lowest BCUT2D eigenvalue weighted by atomic mass is 10.5. The molecule has 0 aliphatic heterocycles.